The number of benzene rings is 1. The van der Waals surface area contributed by atoms with Crippen LogP contribution in [0, 0.1) is 0 Å². The minimum Gasteiger partial charge on any atom is -0.396 e. The van der Waals surface area contributed by atoms with Crippen molar-refractivity contribution >= 4 is 15.7 Å². The number of sulfonamides is 1. The van der Waals surface area contributed by atoms with Crippen molar-refractivity contribution < 1.29 is 8.42 Å². The second kappa shape index (κ2) is 3.62. The van der Waals surface area contributed by atoms with E-state index in [0.717, 1.165) is 0 Å². The zero-order chi connectivity index (χ0) is 11.8. The third kappa shape index (κ3) is 1.77. The molecule has 0 radical (unpaired) electrons. The van der Waals surface area contributed by atoms with Gasteiger partial charge in [-0.15, -0.1) is 0 Å². The maximum absolute atomic E-state index is 11.2. The summed E-state index contributed by atoms with van der Waals surface area (Å²) in [5.74, 6) is 0. The summed E-state index contributed by atoms with van der Waals surface area (Å²) in [5.41, 5.74) is 6.40. The molecule has 6 nitrogen and oxygen atoms in total. The summed E-state index contributed by atoms with van der Waals surface area (Å²) in [6, 6.07) is 4.63. The van der Waals surface area contributed by atoms with Crippen LogP contribution in [0.4, 0.5) is 5.69 Å². The molecule has 0 atom stereocenters. The van der Waals surface area contributed by atoms with Gasteiger partial charge < -0.3 is 10.3 Å². The highest BCUT2D eigenvalue weighted by atomic mass is 32.2. The molecule has 0 bridgehead atoms. The fraction of sp³-hybridized carbons (Fsp3) is 0. The smallest absolute Gasteiger partial charge is 0.240 e. The molecule has 0 aliphatic rings. The molecule has 0 saturated heterocycles. The first kappa shape index (κ1) is 10.7. The Hall–Kier alpha value is -1.86. The molecule has 0 saturated carbocycles. The number of aromatic nitrogens is 2. The zero-order valence-corrected chi connectivity index (χ0v) is 9.05. The van der Waals surface area contributed by atoms with Crippen molar-refractivity contribution in [3.8, 4) is 5.69 Å². The molecule has 0 fully saturated rings. The lowest BCUT2D eigenvalue weighted by molar-refractivity contribution is 0.598. The molecule has 1 aromatic heterocycles. The van der Waals surface area contributed by atoms with Crippen LogP contribution in [0.2, 0.25) is 0 Å². The number of anilines is 1. The van der Waals surface area contributed by atoms with E-state index in [-0.39, 0.29) is 10.6 Å². The Kier molecular flexibility index (Phi) is 2.41. The molecule has 0 aliphatic carbocycles. The molecule has 0 amide bonds. The number of hydrogen-bond acceptors (Lipinski definition) is 4. The lowest BCUT2D eigenvalue weighted by atomic mass is 10.2. The highest BCUT2D eigenvalue weighted by Gasteiger charge is 2.15. The van der Waals surface area contributed by atoms with Crippen LogP contribution in [-0.2, 0) is 10.0 Å². The highest BCUT2D eigenvalue weighted by Crippen LogP contribution is 2.24. The molecular formula is C9H10N4O2S. The van der Waals surface area contributed by atoms with E-state index in [4.69, 9.17) is 10.9 Å². The summed E-state index contributed by atoms with van der Waals surface area (Å²) < 4.78 is 24.1. The van der Waals surface area contributed by atoms with E-state index in [1.807, 2.05) is 0 Å². The first-order valence-electron chi connectivity index (χ1n) is 4.40. The first-order chi connectivity index (χ1) is 7.50. The van der Waals surface area contributed by atoms with Gasteiger partial charge >= 0.3 is 0 Å². The second-order valence-electron chi connectivity index (χ2n) is 3.20. The SMILES string of the molecule is Nc1c(-n2ccnc2)cccc1S(N)(=O)=O. The quantitative estimate of drug-likeness (QED) is 0.724. The zero-order valence-electron chi connectivity index (χ0n) is 8.24. The Morgan fingerprint density at radius 3 is 2.62 bits per heavy atom. The summed E-state index contributed by atoms with van der Waals surface area (Å²) in [5, 5.41) is 5.05. The Bertz CT molecular complexity index is 604. The van der Waals surface area contributed by atoms with E-state index in [0.29, 0.717) is 5.69 Å². The van der Waals surface area contributed by atoms with Gasteiger partial charge in [0, 0.05) is 12.4 Å². The van der Waals surface area contributed by atoms with E-state index in [9.17, 15) is 8.42 Å². The average molecular weight is 238 g/mol. The van der Waals surface area contributed by atoms with Crippen LogP contribution in [0.5, 0.6) is 0 Å². The van der Waals surface area contributed by atoms with Crippen LogP contribution in [0.25, 0.3) is 5.69 Å². The maximum atomic E-state index is 11.2. The monoisotopic (exact) mass is 238 g/mol. The van der Waals surface area contributed by atoms with Gasteiger partial charge in [-0.05, 0) is 12.1 Å². The summed E-state index contributed by atoms with van der Waals surface area (Å²) in [6.07, 6.45) is 4.76. The number of nitrogens with zero attached hydrogens (tertiary/aromatic N) is 2. The number of nitrogens with two attached hydrogens (primary N) is 2. The number of hydrogen-bond donors (Lipinski definition) is 2. The Labute approximate surface area is 92.6 Å². The van der Waals surface area contributed by atoms with Crippen molar-refractivity contribution in [3.63, 3.8) is 0 Å². The van der Waals surface area contributed by atoms with Gasteiger partial charge in [0.05, 0.1) is 17.7 Å². The van der Waals surface area contributed by atoms with Crippen molar-refractivity contribution in [2.24, 2.45) is 5.14 Å². The van der Waals surface area contributed by atoms with Crippen LogP contribution in [0.15, 0.2) is 41.8 Å². The lowest BCUT2D eigenvalue weighted by Gasteiger charge is -2.09. The number of primary sulfonamides is 1. The number of para-hydroxylation sites is 1. The molecule has 4 N–H and O–H groups in total. The van der Waals surface area contributed by atoms with Crippen LogP contribution in [0.1, 0.15) is 0 Å². The molecule has 0 aliphatic heterocycles. The number of rotatable bonds is 2. The molecule has 0 spiro atoms. The van der Waals surface area contributed by atoms with Gasteiger partial charge in [0.2, 0.25) is 10.0 Å². The van der Waals surface area contributed by atoms with Gasteiger partial charge in [0.15, 0.2) is 0 Å². The van der Waals surface area contributed by atoms with E-state index >= 15 is 0 Å². The van der Waals surface area contributed by atoms with E-state index in [2.05, 4.69) is 4.98 Å². The number of nitrogen functional groups attached to an aromatic ring is 1. The van der Waals surface area contributed by atoms with E-state index in [1.165, 1.54) is 12.4 Å². The third-order valence-corrected chi connectivity index (χ3v) is 3.10. The molecule has 1 heterocycles. The average Bonchev–Trinajstić information content (AvgIpc) is 2.69. The predicted octanol–water partition coefficient (Wildman–Crippen LogP) is 0.102. The van der Waals surface area contributed by atoms with E-state index < -0.39 is 10.0 Å². The lowest BCUT2D eigenvalue weighted by Crippen LogP contribution is -2.15. The van der Waals surface area contributed by atoms with Gasteiger partial charge in [0.1, 0.15) is 4.90 Å². The molecule has 7 heteroatoms. The Morgan fingerprint density at radius 2 is 2.06 bits per heavy atom. The van der Waals surface area contributed by atoms with Gasteiger partial charge in [-0.1, -0.05) is 6.07 Å². The van der Waals surface area contributed by atoms with Gasteiger partial charge in [-0.3, -0.25) is 0 Å². The minimum absolute atomic E-state index is 0.0845. The summed E-state index contributed by atoms with van der Waals surface area (Å²) in [7, 11) is -3.81. The van der Waals surface area contributed by atoms with Crippen molar-refractivity contribution in [2.45, 2.75) is 4.90 Å². The fourth-order valence-electron chi connectivity index (χ4n) is 1.41. The largest absolute Gasteiger partial charge is 0.396 e. The second-order valence-corrected chi connectivity index (χ2v) is 4.73. The van der Waals surface area contributed by atoms with Gasteiger partial charge in [-0.2, -0.15) is 0 Å². The van der Waals surface area contributed by atoms with Crippen molar-refractivity contribution in [3.05, 3.63) is 36.9 Å². The first-order valence-corrected chi connectivity index (χ1v) is 5.94. The fourth-order valence-corrected chi connectivity index (χ4v) is 2.09. The molecule has 84 valence electrons. The minimum atomic E-state index is -3.81. The van der Waals surface area contributed by atoms with Crippen LogP contribution in [0.3, 0.4) is 0 Å². The Morgan fingerprint density at radius 1 is 1.31 bits per heavy atom. The normalized spacial score (nSPS) is 11.6. The molecule has 0 unspecified atom stereocenters. The van der Waals surface area contributed by atoms with Gasteiger partial charge in [0.25, 0.3) is 0 Å². The van der Waals surface area contributed by atoms with Crippen molar-refractivity contribution in [2.75, 3.05) is 5.73 Å². The van der Waals surface area contributed by atoms with Crippen molar-refractivity contribution in [1.82, 2.24) is 9.55 Å². The molecule has 16 heavy (non-hydrogen) atoms. The highest BCUT2D eigenvalue weighted by molar-refractivity contribution is 7.89. The van der Waals surface area contributed by atoms with Crippen LogP contribution < -0.4 is 10.9 Å². The summed E-state index contributed by atoms with van der Waals surface area (Å²) in [4.78, 5) is 3.77. The molecule has 2 rings (SSSR count). The molecule has 1 aromatic carbocycles. The molecular weight excluding hydrogens is 228 g/mol. The van der Waals surface area contributed by atoms with Crippen LogP contribution in [-0.4, -0.2) is 18.0 Å². The maximum Gasteiger partial charge on any atom is 0.240 e. The topological polar surface area (TPSA) is 104 Å². The standard InChI is InChI=1S/C9H10N4O2S/c10-9-7(13-5-4-12-6-13)2-1-3-8(9)16(11,14)15/h1-6H,10H2,(H2,11,14,15). The summed E-state index contributed by atoms with van der Waals surface area (Å²) in [6.45, 7) is 0. The summed E-state index contributed by atoms with van der Waals surface area (Å²) >= 11 is 0. The number of imidazole rings is 1. The Balaban J connectivity index is 2.67. The van der Waals surface area contributed by atoms with Gasteiger partial charge in [-0.25, -0.2) is 18.5 Å². The molecule has 2 aromatic rings. The van der Waals surface area contributed by atoms with E-state index in [1.54, 1.807) is 29.1 Å². The van der Waals surface area contributed by atoms with Crippen molar-refractivity contribution in [1.29, 1.82) is 0 Å². The van der Waals surface area contributed by atoms with Crippen LogP contribution >= 0.6 is 0 Å². The third-order valence-electron chi connectivity index (χ3n) is 2.13. The predicted molar refractivity (Wildman–Crippen MR) is 59.3 cm³/mol.